The maximum absolute atomic E-state index is 12.6. The largest absolute Gasteiger partial charge is 0.497 e. The van der Waals surface area contributed by atoms with E-state index in [0.29, 0.717) is 17.6 Å². The predicted molar refractivity (Wildman–Crippen MR) is 98.8 cm³/mol. The average Bonchev–Trinajstić information content (AvgIpc) is 3.06. The van der Waals surface area contributed by atoms with Crippen LogP contribution < -0.4 is 4.74 Å². The Morgan fingerprint density at radius 1 is 1.16 bits per heavy atom. The van der Waals surface area contributed by atoms with Crippen molar-refractivity contribution in [2.75, 3.05) is 7.11 Å². The van der Waals surface area contributed by atoms with E-state index in [1.54, 1.807) is 12.7 Å². The van der Waals surface area contributed by atoms with Gasteiger partial charge < -0.3 is 4.74 Å². The second-order valence-electron chi connectivity index (χ2n) is 9.09. The van der Waals surface area contributed by atoms with Crippen molar-refractivity contribution in [3.63, 3.8) is 0 Å². The zero-order valence-corrected chi connectivity index (χ0v) is 15.6. The smallest absolute Gasteiger partial charge is 0.140 e. The fourth-order valence-corrected chi connectivity index (χ4v) is 7.49. The Labute approximate surface area is 150 Å². The molecule has 0 amide bonds. The zero-order chi connectivity index (χ0) is 17.4. The Morgan fingerprint density at radius 3 is 2.68 bits per heavy atom. The van der Waals surface area contributed by atoms with Crippen LogP contribution in [0, 0.1) is 22.2 Å². The summed E-state index contributed by atoms with van der Waals surface area (Å²) in [7, 11) is 1.75. The Bertz CT molecular complexity index is 793. The fraction of sp³-hybridized carbons (Fsp3) is 0.609. The van der Waals surface area contributed by atoms with Gasteiger partial charge in [-0.1, -0.05) is 25.1 Å². The topological polar surface area (TPSA) is 26.3 Å². The van der Waals surface area contributed by atoms with E-state index in [1.807, 2.05) is 6.92 Å². The SMILES string of the molecule is COc1ccc2c(c1)CC[C@@H]1[C@@H]2CC[C@@]2(C)C13C=C[C@]2(C(C)=O)CC3. The number of fused-ring (bicyclic) bond motifs is 3. The number of Topliss-reactive ketones (excluding diaryl/α,β-unsaturated/α-hetero) is 1. The summed E-state index contributed by atoms with van der Waals surface area (Å²) in [6.07, 6.45) is 11.9. The van der Waals surface area contributed by atoms with E-state index in [2.05, 4.69) is 37.3 Å². The number of ether oxygens (including phenoxy) is 1. The van der Waals surface area contributed by atoms with Gasteiger partial charge in [0.1, 0.15) is 11.5 Å². The number of hydrogen-bond acceptors (Lipinski definition) is 2. The van der Waals surface area contributed by atoms with Gasteiger partial charge in [0.25, 0.3) is 0 Å². The lowest BCUT2D eigenvalue weighted by Crippen LogP contribution is -2.51. The fourth-order valence-electron chi connectivity index (χ4n) is 7.49. The summed E-state index contributed by atoms with van der Waals surface area (Å²) in [5.41, 5.74) is 3.22. The first-order valence-electron chi connectivity index (χ1n) is 9.86. The normalized spacial score (nSPS) is 43.3. The van der Waals surface area contributed by atoms with Crippen molar-refractivity contribution in [2.24, 2.45) is 22.2 Å². The number of benzene rings is 1. The molecule has 2 bridgehead atoms. The first kappa shape index (κ1) is 15.7. The van der Waals surface area contributed by atoms with E-state index in [1.165, 1.54) is 31.2 Å². The van der Waals surface area contributed by atoms with Crippen LogP contribution in [0.2, 0.25) is 0 Å². The number of carbonyl (C=O) groups is 1. The molecule has 25 heavy (non-hydrogen) atoms. The summed E-state index contributed by atoms with van der Waals surface area (Å²) >= 11 is 0. The van der Waals surface area contributed by atoms with Gasteiger partial charge >= 0.3 is 0 Å². The highest BCUT2D eigenvalue weighted by molar-refractivity contribution is 5.87. The number of methoxy groups -OCH3 is 1. The van der Waals surface area contributed by atoms with Crippen molar-refractivity contribution in [2.45, 2.75) is 58.3 Å². The Hall–Kier alpha value is -1.57. The molecular weight excluding hydrogens is 308 g/mol. The molecule has 1 aromatic carbocycles. The molecule has 5 rings (SSSR count). The minimum atomic E-state index is -0.182. The molecule has 132 valence electrons. The van der Waals surface area contributed by atoms with Crippen LogP contribution in [-0.2, 0) is 11.2 Å². The maximum Gasteiger partial charge on any atom is 0.140 e. The number of hydrogen-bond donors (Lipinski definition) is 0. The van der Waals surface area contributed by atoms with Crippen molar-refractivity contribution in [3.05, 3.63) is 41.5 Å². The second-order valence-corrected chi connectivity index (χ2v) is 9.09. The Balaban J connectivity index is 1.60. The molecule has 2 fully saturated rings. The van der Waals surface area contributed by atoms with E-state index in [-0.39, 0.29) is 16.2 Å². The van der Waals surface area contributed by atoms with Gasteiger partial charge in [0.15, 0.2) is 0 Å². The summed E-state index contributed by atoms with van der Waals surface area (Å²) in [4.78, 5) is 12.6. The van der Waals surface area contributed by atoms with Crippen LogP contribution in [0.4, 0.5) is 0 Å². The number of carbonyl (C=O) groups excluding carboxylic acids is 1. The second kappa shape index (κ2) is 4.78. The highest BCUT2D eigenvalue weighted by atomic mass is 16.5. The maximum atomic E-state index is 12.6. The Kier molecular flexibility index (Phi) is 2.99. The first-order chi connectivity index (χ1) is 12.0. The van der Waals surface area contributed by atoms with Crippen LogP contribution in [0.5, 0.6) is 5.75 Å². The van der Waals surface area contributed by atoms with Crippen LogP contribution in [0.3, 0.4) is 0 Å². The van der Waals surface area contributed by atoms with Gasteiger partial charge in [-0.05, 0) is 91.4 Å². The van der Waals surface area contributed by atoms with Gasteiger partial charge in [0, 0.05) is 0 Å². The summed E-state index contributed by atoms with van der Waals surface area (Å²) in [5, 5.41) is 0. The molecule has 0 spiro atoms. The molecule has 5 atom stereocenters. The van der Waals surface area contributed by atoms with Crippen molar-refractivity contribution >= 4 is 5.78 Å². The third kappa shape index (κ3) is 1.60. The lowest BCUT2D eigenvalue weighted by molar-refractivity contribution is -0.133. The highest BCUT2D eigenvalue weighted by Crippen LogP contribution is 2.78. The molecule has 0 saturated heterocycles. The van der Waals surface area contributed by atoms with Gasteiger partial charge in [-0.15, -0.1) is 0 Å². The molecule has 0 N–H and O–H groups in total. The van der Waals surface area contributed by atoms with E-state index in [0.717, 1.165) is 18.6 Å². The van der Waals surface area contributed by atoms with Crippen LogP contribution in [0.15, 0.2) is 30.4 Å². The molecule has 1 unspecified atom stereocenters. The number of aryl methyl sites for hydroxylation is 1. The molecule has 1 aromatic rings. The molecule has 2 nitrogen and oxygen atoms in total. The summed E-state index contributed by atoms with van der Waals surface area (Å²) in [6.45, 7) is 4.26. The van der Waals surface area contributed by atoms with Crippen LogP contribution in [0.1, 0.15) is 63.0 Å². The number of allylic oxidation sites excluding steroid dienone is 2. The molecular formula is C23H28O2. The molecule has 0 heterocycles. The monoisotopic (exact) mass is 336 g/mol. The molecule has 2 heteroatoms. The third-order valence-corrected chi connectivity index (χ3v) is 8.82. The minimum absolute atomic E-state index is 0.136. The summed E-state index contributed by atoms with van der Waals surface area (Å²) < 4.78 is 5.44. The van der Waals surface area contributed by atoms with Gasteiger partial charge in [-0.25, -0.2) is 0 Å². The molecule has 0 aromatic heterocycles. The molecule has 4 aliphatic carbocycles. The molecule has 2 saturated carbocycles. The van der Waals surface area contributed by atoms with Crippen LogP contribution in [0.25, 0.3) is 0 Å². The van der Waals surface area contributed by atoms with Gasteiger partial charge in [-0.3, -0.25) is 4.79 Å². The van der Waals surface area contributed by atoms with Crippen molar-refractivity contribution in [3.8, 4) is 5.75 Å². The van der Waals surface area contributed by atoms with Crippen LogP contribution >= 0.6 is 0 Å². The summed E-state index contributed by atoms with van der Waals surface area (Å²) in [5.74, 6) is 2.71. The third-order valence-electron chi connectivity index (χ3n) is 8.82. The van der Waals surface area contributed by atoms with Crippen LogP contribution in [-0.4, -0.2) is 12.9 Å². The van der Waals surface area contributed by atoms with E-state index < -0.39 is 0 Å². The van der Waals surface area contributed by atoms with Crippen molar-refractivity contribution < 1.29 is 9.53 Å². The molecule has 0 radical (unpaired) electrons. The quantitative estimate of drug-likeness (QED) is 0.705. The standard InChI is InChI=1S/C23H28O2/c1-15(24)22-10-12-23(13-11-22)20-7-4-16-14-17(25-3)5-6-18(16)19(20)8-9-21(22,23)2/h5-6,10,12,14,19-20H,4,7-9,11,13H2,1-3H3/t19-,20-,21-,22-,23?/m1/s1. The molecule has 4 aliphatic rings. The lowest BCUT2D eigenvalue weighted by Gasteiger charge is -2.57. The highest BCUT2D eigenvalue weighted by Gasteiger charge is 2.72. The first-order valence-corrected chi connectivity index (χ1v) is 9.86. The minimum Gasteiger partial charge on any atom is -0.497 e. The lowest BCUT2D eigenvalue weighted by atomic mass is 9.46. The van der Waals surface area contributed by atoms with Crippen molar-refractivity contribution in [1.29, 1.82) is 0 Å². The van der Waals surface area contributed by atoms with E-state index >= 15 is 0 Å². The average molecular weight is 336 g/mol. The predicted octanol–water partition coefficient (Wildman–Crippen LogP) is 5.07. The van der Waals surface area contributed by atoms with Gasteiger partial charge in [-0.2, -0.15) is 0 Å². The Morgan fingerprint density at radius 2 is 2.00 bits per heavy atom. The van der Waals surface area contributed by atoms with Gasteiger partial charge in [0.05, 0.1) is 12.5 Å². The number of ketones is 1. The summed E-state index contributed by atoms with van der Waals surface area (Å²) in [6, 6.07) is 6.69. The van der Waals surface area contributed by atoms with E-state index in [9.17, 15) is 4.79 Å². The molecule has 0 aliphatic heterocycles. The van der Waals surface area contributed by atoms with Gasteiger partial charge in [0.2, 0.25) is 0 Å². The zero-order valence-electron chi connectivity index (χ0n) is 15.6. The van der Waals surface area contributed by atoms with E-state index in [4.69, 9.17) is 4.74 Å². The van der Waals surface area contributed by atoms with Crippen molar-refractivity contribution in [1.82, 2.24) is 0 Å². The number of rotatable bonds is 2.